The Bertz CT molecular complexity index is 6230. The molecule has 0 aliphatic carbocycles. The highest BCUT2D eigenvalue weighted by atomic mass is 32.7. The molecule has 5 saturated heterocycles. The van der Waals surface area contributed by atoms with Crippen molar-refractivity contribution >= 4 is 95.2 Å². The summed E-state index contributed by atoms with van der Waals surface area (Å²) < 4.78 is 187. The molecule has 5 aliphatic rings. The zero-order chi connectivity index (χ0) is 91.7. The van der Waals surface area contributed by atoms with Gasteiger partial charge in [0.05, 0.1) is 53.4 Å². The molecule has 5 aromatic heterocycles. The van der Waals surface area contributed by atoms with Crippen molar-refractivity contribution in [2.45, 2.75) is 184 Å². The molecule has 5 aliphatic heterocycles. The number of ether oxygens (including phenoxy) is 8. The number of hydrogen-bond donors (Lipinski definition) is 10. The Kier molecular flexibility index (Phi) is 30.8. The number of rotatable bonds is 37. The summed E-state index contributed by atoms with van der Waals surface area (Å²) in [5, 5.41) is 0. The van der Waals surface area contributed by atoms with Gasteiger partial charge < -0.3 is 37.9 Å². The van der Waals surface area contributed by atoms with E-state index in [0.717, 1.165) is 29.0 Å². The summed E-state index contributed by atoms with van der Waals surface area (Å²) >= 11 is 21.4. The van der Waals surface area contributed by atoms with E-state index in [1.165, 1.54) is 73.6 Å². The number of thiol groups is 5. The second-order valence-electron chi connectivity index (χ2n) is 30.4. The van der Waals surface area contributed by atoms with Crippen LogP contribution in [0.1, 0.15) is 122 Å². The Morgan fingerprint density at radius 1 is 0.354 bits per heavy atom. The van der Waals surface area contributed by atoms with Crippen LogP contribution in [0.2, 0.25) is 0 Å². The number of benzene rings is 3. The standard InChI is InChI=1S/C74H91N10O33P5S5/c1-38(2)112-122(99,127)117-53-27-63(84-32-43(7)68(89)79-73(84)94)111-58(53)37-106-121(98,126)116-52-26-62(83-31-42(6)67(88)78-72(83)93)110-57(52)36-105-120(97,125)115-51-25-61(82-30-41(5)66(87)77-71(82)92)109-56(51)35-104-119(96,124)114-50-24-60(81-29-40(4)65(86)76-70(81)91)108-55(50)34-103-118(95,123)113-49-23-59(80-28-39(3)64(85)75-69(80)90)107-54(49)33-102-74(44-13-11-10-12-14-44,45-15-19-47(100-8)20-16-45)46-17-21-48(101-9)22-18-46/h10-22,28-32,38,49-63H,23-27,33-37H2,1-9H3,(H,95,123)(H,96,124)(H,97,125)(H,98,126)(H,99,127)(H,75,85,90)(H,76,86,91)(H,77,87,92)(H,78,88,93)(H,79,89,94)/t49-,50-,51-,52-,53-,54+,55+,56+,57+,58+,59+,60+,61+,62+,63+,118+,119+,120+,121+,122+/m0/s1. The molecule has 0 radical (unpaired) electrons. The van der Waals surface area contributed by atoms with E-state index < -0.39 is 240 Å². The van der Waals surface area contributed by atoms with Gasteiger partial charge in [-0.1, -0.05) is 116 Å². The van der Waals surface area contributed by atoms with E-state index in [4.69, 9.17) is 83.1 Å². The fourth-order valence-electron chi connectivity index (χ4n) is 14.9. The number of H-pyrrole nitrogens is 5. The maximum Gasteiger partial charge on any atom is 0.386 e. The van der Waals surface area contributed by atoms with Crippen molar-refractivity contribution < 1.29 is 106 Å². The van der Waals surface area contributed by atoms with Gasteiger partial charge in [-0.25, -0.2) is 46.8 Å². The summed E-state index contributed by atoms with van der Waals surface area (Å²) in [6, 6.07) is 23.5. The highest BCUT2D eigenvalue weighted by Crippen LogP contribution is 2.63. The molecule has 8 aromatic rings. The van der Waals surface area contributed by atoms with Crippen molar-refractivity contribution in [3.63, 3.8) is 0 Å². The third-order valence-electron chi connectivity index (χ3n) is 21.1. The summed E-state index contributed by atoms with van der Waals surface area (Å²) in [7, 11) is 3.04. The first-order valence-corrected chi connectivity index (χ1v) is 52.5. The fraction of sp³-hybridized carbons (Fsp3) is 0.486. The maximum atomic E-state index is 15.1. The van der Waals surface area contributed by atoms with Gasteiger partial charge in [-0.2, -0.15) is 0 Å². The van der Waals surface area contributed by atoms with Crippen LogP contribution < -0.4 is 65.7 Å². The summed E-state index contributed by atoms with van der Waals surface area (Å²) in [5.74, 6) is 1.07. The number of aryl methyl sites for hydroxylation is 5. The molecular weight excluding hydrogens is 1870 g/mol. The maximum absolute atomic E-state index is 15.1. The second-order valence-corrected chi connectivity index (χ2v) is 44.8. The van der Waals surface area contributed by atoms with Crippen molar-refractivity contribution in [3.05, 3.63) is 259 Å². The highest BCUT2D eigenvalue weighted by molar-refractivity contribution is 8.45. The average Bonchev–Trinajstić information content (AvgIpc) is 1.58. The number of hydrogen-bond acceptors (Lipinski definition) is 33. The Balaban J connectivity index is 0.733. The van der Waals surface area contributed by atoms with Gasteiger partial charge in [0, 0.05) is 90.9 Å². The monoisotopic (exact) mass is 1960 g/mol. The molecule has 0 spiro atoms. The first-order chi connectivity index (χ1) is 59.9. The van der Waals surface area contributed by atoms with E-state index in [9.17, 15) is 66.2 Å². The molecule has 20 atom stereocenters. The number of aromatic amines is 5. The van der Waals surface area contributed by atoms with Crippen molar-refractivity contribution in [1.82, 2.24) is 47.8 Å². The van der Waals surface area contributed by atoms with Crippen LogP contribution in [0.4, 0.5) is 0 Å². The SMILES string of the molecule is COc1ccc(C(OC[C@H]2O[C@@H](n3cc(C)c(=O)[nH]c3=O)C[C@@H]2O[P@](=O)(S)OC[C@H]2O[C@@H](n3cc(C)c(=O)[nH]c3=O)C[C@@H]2O[P@](=O)(S)OC[C@H]2O[C@@H](n3cc(C)c(=O)[nH]c3=O)C[C@@H]2O[P@](=O)(S)OC[C@H]2O[C@@H](n3cc(C)c(=O)[nH]c3=O)C[C@@H]2O[P@](=O)(S)OC[C@H]2O[C@@H](n3cc(C)c(=O)[nH]c3=O)C[C@@H]2O[P@](=O)(S)OC(C)C)(c2ccccc2)c2ccc(OC)cc2)cc1. The molecule has 127 heavy (non-hydrogen) atoms. The summed E-state index contributed by atoms with van der Waals surface area (Å²) in [5.41, 5.74) is -7.41. The van der Waals surface area contributed by atoms with Crippen LogP contribution in [-0.2, 0) is 102 Å². The van der Waals surface area contributed by atoms with E-state index in [2.05, 4.69) is 86.2 Å². The molecule has 53 heteroatoms. The van der Waals surface area contributed by atoms with Crippen molar-refractivity contribution in [3.8, 4) is 11.5 Å². The molecule has 3 aromatic carbocycles. The normalized spacial score (nSPS) is 26.2. The predicted molar refractivity (Wildman–Crippen MR) is 469 cm³/mol. The van der Waals surface area contributed by atoms with E-state index in [1.54, 1.807) is 38.1 Å². The van der Waals surface area contributed by atoms with Gasteiger partial charge in [0.1, 0.15) is 109 Å². The molecule has 0 amide bonds. The largest absolute Gasteiger partial charge is 0.497 e. The first-order valence-electron chi connectivity index (χ1n) is 39.1. The van der Waals surface area contributed by atoms with Crippen molar-refractivity contribution in [2.75, 3.05) is 47.3 Å². The number of nitrogens with one attached hydrogen (secondary N) is 5. The highest BCUT2D eigenvalue weighted by Gasteiger charge is 2.51. The van der Waals surface area contributed by atoms with E-state index in [0.29, 0.717) is 28.2 Å². The average molecular weight is 1960 g/mol. The minimum atomic E-state index is -4.89. The van der Waals surface area contributed by atoms with Crippen LogP contribution in [-0.4, -0.2) is 162 Å². The van der Waals surface area contributed by atoms with Crippen LogP contribution in [0.15, 0.2) is 158 Å². The van der Waals surface area contributed by atoms with Crippen LogP contribution in [0.25, 0.3) is 0 Å². The lowest BCUT2D eigenvalue weighted by Gasteiger charge is -2.37. The molecule has 0 saturated carbocycles. The Morgan fingerprint density at radius 3 is 0.819 bits per heavy atom. The Labute approximate surface area is 746 Å². The zero-order valence-electron chi connectivity index (χ0n) is 68.9. The van der Waals surface area contributed by atoms with Crippen LogP contribution in [0.5, 0.6) is 11.5 Å². The molecule has 10 heterocycles. The topological polar surface area (TPSA) is 526 Å². The molecular formula is C74H91N10O33P5S5. The van der Waals surface area contributed by atoms with Gasteiger partial charge in [-0.3, -0.25) is 117 Å². The molecule has 13 rings (SSSR count). The quantitative estimate of drug-likeness (QED) is 0.00992. The van der Waals surface area contributed by atoms with Crippen LogP contribution in [0.3, 0.4) is 0 Å². The van der Waals surface area contributed by atoms with Crippen molar-refractivity contribution in [2.24, 2.45) is 0 Å². The minimum Gasteiger partial charge on any atom is -0.497 e. The van der Waals surface area contributed by atoms with Crippen LogP contribution in [0, 0.1) is 34.6 Å². The Morgan fingerprint density at radius 2 is 0.583 bits per heavy atom. The van der Waals surface area contributed by atoms with Crippen molar-refractivity contribution in [1.29, 1.82) is 0 Å². The van der Waals surface area contributed by atoms with Gasteiger partial charge >= 0.3 is 62.4 Å². The molecule has 5 N–H and O–H groups in total. The molecule has 43 nitrogen and oxygen atoms in total. The van der Waals surface area contributed by atoms with Crippen LogP contribution >= 0.6 is 95.2 Å². The van der Waals surface area contributed by atoms with Gasteiger partial charge in [-0.05, 0) is 89.4 Å². The van der Waals surface area contributed by atoms with Gasteiger partial charge in [-0.15, -0.1) is 0 Å². The third kappa shape index (κ3) is 23.5. The van der Waals surface area contributed by atoms with Gasteiger partial charge in [0.2, 0.25) is 0 Å². The summed E-state index contributed by atoms with van der Waals surface area (Å²) in [6.07, 6.45) is -17.3. The first kappa shape index (κ1) is 97.4. The molecule has 5 fully saturated rings. The third-order valence-corrected chi connectivity index (χ3v) is 29.5. The predicted octanol–water partition coefficient (Wildman–Crippen LogP) is 8.35. The van der Waals surface area contributed by atoms with Gasteiger partial charge in [0.25, 0.3) is 27.8 Å². The second kappa shape index (κ2) is 40.2. The molecule has 690 valence electrons. The number of methoxy groups -OCH3 is 2. The van der Waals surface area contributed by atoms with Gasteiger partial charge in [0.15, 0.2) is 0 Å². The number of aromatic nitrogens is 10. The minimum absolute atomic E-state index is 0.0324. The van der Waals surface area contributed by atoms with E-state index in [1.807, 2.05) is 54.6 Å². The lowest BCUT2D eigenvalue weighted by atomic mass is 9.80. The lowest BCUT2D eigenvalue weighted by Crippen LogP contribution is -2.38. The Hall–Kier alpha value is -7.08. The van der Waals surface area contributed by atoms with E-state index >= 15 is 4.57 Å². The smallest absolute Gasteiger partial charge is 0.386 e. The molecule has 0 unspecified atom stereocenters. The fourth-order valence-corrected chi connectivity index (χ4v) is 23.1. The molecule has 0 bridgehead atoms. The summed E-state index contributed by atoms with van der Waals surface area (Å²) in [6.45, 7) is -16.9. The lowest BCUT2D eigenvalue weighted by molar-refractivity contribution is -0.0928. The zero-order valence-corrected chi connectivity index (χ0v) is 77.8. The number of nitrogens with zero attached hydrogens (tertiary/aromatic N) is 5. The summed E-state index contributed by atoms with van der Waals surface area (Å²) in [4.78, 5) is 141. The van der Waals surface area contributed by atoms with E-state index in [-0.39, 0.29) is 47.3 Å².